The molecule has 0 aromatic rings. The smallest absolute Gasteiger partial charge is 0.425 e. The summed E-state index contributed by atoms with van der Waals surface area (Å²) in [7, 11) is 3.79. The number of rotatable bonds is 4. The number of amides is 2. The Balaban J connectivity index is 1.88. The van der Waals surface area contributed by atoms with Crippen LogP contribution in [0.25, 0.3) is 0 Å². The number of carbonyl (C=O) groups excluding carboxylic acids is 2. The van der Waals surface area contributed by atoms with E-state index in [4.69, 9.17) is 6.11 Å². The highest BCUT2D eigenvalue weighted by Gasteiger charge is 2.35. The summed E-state index contributed by atoms with van der Waals surface area (Å²) < 4.78 is 12.8. The molecule has 2 heterocycles. The summed E-state index contributed by atoms with van der Waals surface area (Å²) in [6.45, 7) is 8.91. The van der Waals surface area contributed by atoms with Crippen molar-refractivity contribution >= 4 is 12.0 Å². The fourth-order valence-electron chi connectivity index (χ4n) is 4.19. The first-order valence-electron chi connectivity index (χ1n) is 10.9. The first-order chi connectivity index (χ1) is 13.2. The average Bonchev–Trinajstić information content (AvgIpc) is 2.68. The number of ether oxygens (including phenoxy) is 1. The van der Waals surface area contributed by atoms with Gasteiger partial charge in [0.25, 0.3) is 0 Å². The molecule has 2 aliphatic rings. The minimum absolute atomic E-state index is 0.0386. The minimum atomic E-state index is -0.888. The fraction of sp³-hybridized carbons (Fsp3) is 0.900. The lowest BCUT2D eigenvalue weighted by Gasteiger charge is -2.40. The fourth-order valence-corrected chi connectivity index (χ4v) is 4.19. The van der Waals surface area contributed by atoms with Crippen LogP contribution in [-0.4, -0.2) is 78.7 Å². The molecular formula is C20H38N4O3. The van der Waals surface area contributed by atoms with Gasteiger partial charge in [0.1, 0.15) is 11.6 Å². The number of piperidine rings is 2. The first kappa shape index (κ1) is 20.4. The summed E-state index contributed by atoms with van der Waals surface area (Å²) in [6.07, 6.45) is 3.99. The second kappa shape index (κ2) is 9.24. The Hall–Kier alpha value is -1.34. The molecule has 0 spiro atoms. The molecule has 0 aromatic heterocycles. The molecule has 1 atom stereocenters. The molecular weight excluding hydrogens is 344 g/mol. The lowest BCUT2D eigenvalue weighted by atomic mass is 9.79. The van der Waals surface area contributed by atoms with Crippen molar-refractivity contribution in [3.8, 4) is 0 Å². The highest BCUT2D eigenvalue weighted by molar-refractivity contribution is 5.85. The second-order valence-corrected chi connectivity index (χ2v) is 8.70. The third-order valence-corrected chi connectivity index (χ3v) is 5.83. The molecule has 7 heteroatoms. The number of nitrogens with zero attached hydrogens (tertiary/aromatic N) is 3. The Morgan fingerprint density at radius 2 is 1.67 bits per heavy atom. The van der Waals surface area contributed by atoms with E-state index in [1.54, 1.807) is 27.8 Å². The summed E-state index contributed by atoms with van der Waals surface area (Å²) in [5.41, 5.74) is 1.89. The molecule has 0 bridgehead atoms. The van der Waals surface area contributed by atoms with Crippen LogP contribution in [0.15, 0.2) is 0 Å². The van der Waals surface area contributed by atoms with Crippen molar-refractivity contribution in [3.63, 3.8) is 0 Å². The molecule has 2 saturated heterocycles. The van der Waals surface area contributed by atoms with Crippen LogP contribution in [0, 0.1) is 11.8 Å². The molecule has 1 N–H and O–H groups in total. The van der Waals surface area contributed by atoms with Gasteiger partial charge in [-0.2, -0.15) is 0 Å². The minimum Gasteiger partial charge on any atom is -0.443 e. The Labute approximate surface area is 165 Å². The zero-order valence-electron chi connectivity index (χ0n) is 18.7. The predicted octanol–water partition coefficient (Wildman–Crippen LogP) is 2.33. The van der Waals surface area contributed by atoms with E-state index in [1.165, 1.54) is 30.9 Å². The van der Waals surface area contributed by atoms with Crippen LogP contribution in [0.2, 0.25) is 0 Å². The van der Waals surface area contributed by atoms with Crippen molar-refractivity contribution in [2.75, 3.05) is 40.3 Å². The maximum atomic E-state index is 13.0. The zero-order chi connectivity index (χ0) is 20.9. The van der Waals surface area contributed by atoms with Crippen LogP contribution in [0.1, 0.15) is 54.7 Å². The quantitative estimate of drug-likeness (QED) is 0.755. The number of carbonyl (C=O) groups is 2. The highest BCUT2D eigenvalue weighted by Crippen LogP contribution is 2.32. The number of hydrazine groups is 1. The van der Waals surface area contributed by atoms with Crippen molar-refractivity contribution in [3.05, 3.63) is 0 Å². The summed E-state index contributed by atoms with van der Waals surface area (Å²) in [6, 6.07) is -0.654. The Morgan fingerprint density at radius 3 is 2.15 bits per heavy atom. The molecule has 2 amide bonds. The molecule has 0 radical (unpaired) electrons. The van der Waals surface area contributed by atoms with Gasteiger partial charge < -0.3 is 14.5 Å². The van der Waals surface area contributed by atoms with Gasteiger partial charge >= 0.3 is 6.09 Å². The second-order valence-electron chi connectivity index (χ2n) is 8.70. The molecule has 7 nitrogen and oxygen atoms in total. The van der Waals surface area contributed by atoms with E-state index in [0.717, 1.165) is 31.8 Å². The summed E-state index contributed by atoms with van der Waals surface area (Å²) in [5.74, 6) is 1.43. The molecule has 0 aromatic carbocycles. The lowest BCUT2D eigenvalue weighted by Crippen LogP contribution is -2.56. The van der Waals surface area contributed by atoms with Gasteiger partial charge in [-0.15, -0.1) is 0 Å². The van der Waals surface area contributed by atoms with Crippen molar-refractivity contribution in [2.24, 2.45) is 11.8 Å². The van der Waals surface area contributed by atoms with E-state index < -0.39 is 17.7 Å². The van der Waals surface area contributed by atoms with Crippen LogP contribution in [-0.2, 0) is 9.53 Å². The molecule has 2 fully saturated rings. The van der Waals surface area contributed by atoms with E-state index >= 15 is 0 Å². The van der Waals surface area contributed by atoms with E-state index in [2.05, 4.69) is 17.4 Å². The first-order valence-corrected chi connectivity index (χ1v) is 10.1. The van der Waals surface area contributed by atoms with Gasteiger partial charge in [-0.3, -0.25) is 4.79 Å². The van der Waals surface area contributed by atoms with E-state index in [-0.39, 0.29) is 12.8 Å². The summed E-state index contributed by atoms with van der Waals surface area (Å²) in [4.78, 5) is 29.7. The predicted molar refractivity (Wildman–Crippen MR) is 106 cm³/mol. The van der Waals surface area contributed by atoms with E-state index in [1.807, 2.05) is 4.90 Å². The highest BCUT2D eigenvalue weighted by atomic mass is 16.6. The summed E-state index contributed by atoms with van der Waals surface area (Å²) >= 11 is 0. The zero-order valence-corrected chi connectivity index (χ0v) is 17.7. The lowest BCUT2D eigenvalue weighted by molar-refractivity contribution is -0.139. The maximum Gasteiger partial charge on any atom is 0.425 e. The molecule has 0 saturated carbocycles. The van der Waals surface area contributed by atoms with Crippen molar-refractivity contribution in [1.29, 1.82) is 0 Å². The van der Waals surface area contributed by atoms with Gasteiger partial charge in [0.15, 0.2) is 0 Å². The van der Waals surface area contributed by atoms with Gasteiger partial charge in [-0.25, -0.2) is 15.2 Å². The van der Waals surface area contributed by atoms with Gasteiger partial charge in [-0.1, -0.05) is 0 Å². The van der Waals surface area contributed by atoms with Gasteiger partial charge in [-0.05, 0) is 85.3 Å². The third kappa shape index (κ3) is 6.07. The SMILES string of the molecule is [2H]CC(C)(C)OC(=O)N(NC)[C@H](C)C(=O)N1CCC(C2CCN(C)CC2)CC1. The molecule has 2 rings (SSSR count). The Bertz CT molecular complexity index is 530. The van der Waals surface area contributed by atoms with Crippen molar-refractivity contribution in [2.45, 2.75) is 65.0 Å². The van der Waals surface area contributed by atoms with Crippen LogP contribution >= 0.6 is 0 Å². The monoisotopic (exact) mass is 383 g/mol. The van der Waals surface area contributed by atoms with Crippen LogP contribution < -0.4 is 5.43 Å². The van der Waals surface area contributed by atoms with Crippen molar-refractivity contribution < 1.29 is 15.7 Å². The van der Waals surface area contributed by atoms with Crippen LogP contribution in [0.3, 0.4) is 0 Å². The largest absolute Gasteiger partial charge is 0.443 e. The standard InChI is InChI=1S/C20H38N4O3/c1-15(24(21-5)19(26)27-20(2,3)4)18(25)23-13-9-17(10-14-23)16-7-11-22(6)12-8-16/h15-17,21H,7-14H2,1-6H3/t15-/m1/s1/i2D. The third-order valence-electron chi connectivity index (χ3n) is 5.83. The molecule has 156 valence electrons. The number of likely N-dealkylation sites (tertiary alicyclic amines) is 2. The van der Waals surface area contributed by atoms with Gasteiger partial charge in [0, 0.05) is 21.5 Å². The number of nitrogens with one attached hydrogen (secondary N) is 1. The van der Waals surface area contributed by atoms with E-state index in [0.29, 0.717) is 5.92 Å². The van der Waals surface area contributed by atoms with Crippen molar-refractivity contribution in [1.82, 2.24) is 20.2 Å². The normalized spacial score (nSPS) is 22.3. The topological polar surface area (TPSA) is 65.1 Å². The Kier molecular flexibility index (Phi) is 6.98. The molecule has 27 heavy (non-hydrogen) atoms. The van der Waals surface area contributed by atoms with Crippen LogP contribution in [0.5, 0.6) is 0 Å². The molecule has 2 aliphatic heterocycles. The van der Waals surface area contributed by atoms with Gasteiger partial charge in [0.2, 0.25) is 5.91 Å². The summed E-state index contributed by atoms with van der Waals surface area (Å²) in [5, 5.41) is 1.23. The average molecular weight is 384 g/mol. The van der Waals surface area contributed by atoms with Gasteiger partial charge in [0.05, 0.1) is 0 Å². The maximum absolute atomic E-state index is 13.0. The van der Waals surface area contributed by atoms with Crippen LogP contribution in [0.4, 0.5) is 4.79 Å². The molecule has 0 unspecified atom stereocenters. The number of hydrogen-bond donors (Lipinski definition) is 1. The van der Waals surface area contributed by atoms with E-state index in [9.17, 15) is 9.59 Å². The Morgan fingerprint density at radius 1 is 1.15 bits per heavy atom. The number of hydrogen-bond acceptors (Lipinski definition) is 5. The molecule has 0 aliphatic carbocycles.